The zero-order valence-electron chi connectivity index (χ0n) is 11.4. The number of nitrogens with zero attached hydrogens (tertiary/aromatic N) is 1. The molecule has 1 aromatic carbocycles. The molecule has 0 fully saturated rings. The van der Waals surface area contributed by atoms with E-state index < -0.39 is 27.9 Å². The van der Waals surface area contributed by atoms with Crippen LogP contribution >= 0.6 is 0 Å². The number of esters is 1. The van der Waals surface area contributed by atoms with Gasteiger partial charge in [0, 0.05) is 13.0 Å². The van der Waals surface area contributed by atoms with Crippen molar-refractivity contribution in [2.45, 2.75) is 30.8 Å². The molecule has 0 saturated heterocycles. The summed E-state index contributed by atoms with van der Waals surface area (Å²) in [6.45, 7) is 1.48. The highest BCUT2D eigenvalue weighted by Gasteiger charge is 2.14. The lowest BCUT2D eigenvalue weighted by Gasteiger charge is -2.07. The molecular formula is C13H15FN2O4S. The molecule has 1 rings (SSSR count). The number of carbonyl (C=O) groups is 1. The van der Waals surface area contributed by atoms with Gasteiger partial charge in [0.25, 0.3) is 0 Å². The van der Waals surface area contributed by atoms with Crippen LogP contribution in [0.3, 0.4) is 0 Å². The SMILES string of the molecule is C[C@H](C#N)OC(=O)CCCNS(=O)(=O)c1ccc(F)cc1. The first-order valence-corrected chi connectivity index (χ1v) is 7.68. The summed E-state index contributed by atoms with van der Waals surface area (Å²) >= 11 is 0. The van der Waals surface area contributed by atoms with Crippen molar-refractivity contribution in [2.24, 2.45) is 0 Å². The Morgan fingerprint density at radius 2 is 2.05 bits per heavy atom. The van der Waals surface area contributed by atoms with Crippen LogP contribution < -0.4 is 4.72 Å². The molecule has 1 aromatic rings. The Hall–Kier alpha value is -1.98. The topological polar surface area (TPSA) is 96.3 Å². The Kier molecular flexibility index (Phi) is 6.27. The summed E-state index contributed by atoms with van der Waals surface area (Å²) in [7, 11) is -3.72. The lowest BCUT2D eigenvalue weighted by molar-refractivity contribution is -0.145. The van der Waals surface area contributed by atoms with Crippen LogP contribution in [0.15, 0.2) is 29.2 Å². The van der Waals surface area contributed by atoms with Crippen molar-refractivity contribution in [3.8, 4) is 6.07 Å². The number of benzene rings is 1. The van der Waals surface area contributed by atoms with Crippen LogP contribution in [0, 0.1) is 17.1 Å². The molecule has 0 unspecified atom stereocenters. The summed E-state index contributed by atoms with van der Waals surface area (Å²) in [6.07, 6.45) is -0.594. The van der Waals surface area contributed by atoms with Crippen LogP contribution in [-0.4, -0.2) is 27.0 Å². The van der Waals surface area contributed by atoms with Crippen LogP contribution in [0.5, 0.6) is 0 Å². The molecule has 114 valence electrons. The van der Waals surface area contributed by atoms with Crippen molar-refractivity contribution in [2.75, 3.05) is 6.54 Å². The number of nitrogens with one attached hydrogen (secondary N) is 1. The van der Waals surface area contributed by atoms with Gasteiger partial charge in [-0.3, -0.25) is 4.79 Å². The Bertz CT molecular complexity index is 623. The maximum Gasteiger partial charge on any atom is 0.307 e. The fraction of sp³-hybridized carbons (Fsp3) is 0.385. The minimum absolute atomic E-state index is 0.00203. The number of rotatable bonds is 7. The molecule has 0 saturated carbocycles. The van der Waals surface area contributed by atoms with Gasteiger partial charge in [-0.05, 0) is 37.6 Å². The number of carbonyl (C=O) groups excluding carboxylic acids is 1. The Balaban J connectivity index is 2.40. The molecule has 0 aliphatic carbocycles. The predicted octanol–water partition coefficient (Wildman–Crippen LogP) is 1.34. The lowest BCUT2D eigenvalue weighted by Crippen LogP contribution is -2.25. The van der Waals surface area contributed by atoms with E-state index in [0.717, 1.165) is 24.3 Å². The Morgan fingerprint density at radius 3 is 2.62 bits per heavy atom. The second-order valence-corrected chi connectivity index (χ2v) is 5.98. The lowest BCUT2D eigenvalue weighted by atomic mass is 10.3. The van der Waals surface area contributed by atoms with Crippen LogP contribution in [-0.2, 0) is 19.6 Å². The fourth-order valence-electron chi connectivity index (χ4n) is 1.42. The first-order valence-electron chi connectivity index (χ1n) is 6.19. The minimum Gasteiger partial charge on any atom is -0.447 e. The number of hydrogen-bond acceptors (Lipinski definition) is 5. The molecule has 1 atom stereocenters. The van der Waals surface area contributed by atoms with Gasteiger partial charge in [0.15, 0.2) is 6.10 Å². The zero-order chi connectivity index (χ0) is 15.9. The monoisotopic (exact) mass is 314 g/mol. The minimum atomic E-state index is -3.72. The summed E-state index contributed by atoms with van der Waals surface area (Å²) in [5.74, 6) is -1.09. The van der Waals surface area contributed by atoms with Crippen molar-refractivity contribution < 1.29 is 22.3 Å². The summed E-state index contributed by atoms with van der Waals surface area (Å²) in [5.41, 5.74) is 0. The summed E-state index contributed by atoms with van der Waals surface area (Å²) in [5, 5.41) is 8.46. The van der Waals surface area contributed by atoms with Gasteiger partial charge in [-0.25, -0.2) is 17.5 Å². The molecule has 0 radical (unpaired) electrons. The highest BCUT2D eigenvalue weighted by atomic mass is 32.2. The van der Waals surface area contributed by atoms with Gasteiger partial charge < -0.3 is 4.74 Å². The van der Waals surface area contributed by atoms with E-state index in [1.807, 2.05) is 0 Å². The largest absolute Gasteiger partial charge is 0.447 e. The molecule has 1 N–H and O–H groups in total. The number of ether oxygens (including phenoxy) is 1. The van der Waals surface area contributed by atoms with Crippen LogP contribution in [0.2, 0.25) is 0 Å². The van der Waals surface area contributed by atoms with Gasteiger partial charge >= 0.3 is 5.97 Å². The molecule has 0 aliphatic heterocycles. The van der Waals surface area contributed by atoms with E-state index in [4.69, 9.17) is 10.00 Å². The van der Waals surface area contributed by atoms with E-state index in [-0.39, 0.29) is 24.3 Å². The van der Waals surface area contributed by atoms with Crippen molar-refractivity contribution in [1.29, 1.82) is 5.26 Å². The molecule has 8 heteroatoms. The fourth-order valence-corrected chi connectivity index (χ4v) is 2.49. The van der Waals surface area contributed by atoms with Crippen LogP contribution in [0.1, 0.15) is 19.8 Å². The van der Waals surface area contributed by atoms with E-state index in [0.29, 0.717) is 0 Å². The van der Waals surface area contributed by atoms with Crippen molar-refractivity contribution in [3.05, 3.63) is 30.1 Å². The average Bonchev–Trinajstić information content (AvgIpc) is 2.44. The van der Waals surface area contributed by atoms with E-state index in [1.54, 1.807) is 6.07 Å². The molecular weight excluding hydrogens is 299 g/mol. The second-order valence-electron chi connectivity index (χ2n) is 4.22. The molecule has 0 aliphatic rings. The highest BCUT2D eigenvalue weighted by molar-refractivity contribution is 7.89. The van der Waals surface area contributed by atoms with Gasteiger partial charge in [0.2, 0.25) is 10.0 Å². The van der Waals surface area contributed by atoms with Crippen molar-refractivity contribution >= 4 is 16.0 Å². The third-order valence-corrected chi connectivity index (χ3v) is 3.94. The van der Waals surface area contributed by atoms with Gasteiger partial charge in [0.1, 0.15) is 11.9 Å². The predicted molar refractivity (Wildman–Crippen MR) is 72.0 cm³/mol. The van der Waals surface area contributed by atoms with Crippen LogP contribution in [0.4, 0.5) is 4.39 Å². The average molecular weight is 314 g/mol. The molecule has 0 bridgehead atoms. The number of halogens is 1. The molecule has 0 amide bonds. The summed E-state index contributed by atoms with van der Waals surface area (Å²) in [6, 6.07) is 6.16. The van der Waals surface area contributed by atoms with Crippen molar-refractivity contribution in [3.63, 3.8) is 0 Å². The van der Waals surface area contributed by atoms with E-state index in [1.165, 1.54) is 6.92 Å². The van der Waals surface area contributed by atoms with E-state index in [2.05, 4.69) is 4.72 Å². The first kappa shape index (κ1) is 17.1. The molecule has 21 heavy (non-hydrogen) atoms. The molecule has 0 heterocycles. The summed E-state index contributed by atoms with van der Waals surface area (Å²) in [4.78, 5) is 11.2. The number of nitriles is 1. The standard InChI is InChI=1S/C13H15FN2O4S/c1-10(9-15)20-13(17)3-2-8-16-21(18,19)12-6-4-11(14)5-7-12/h4-7,10,16H,2-3,8H2,1H3/t10-/m1/s1. The van der Waals surface area contributed by atoms with Gasteiger partial charge in [-0.1, -0.05) is 0 Å². The number of hydrogen-bond donors (Lipinski definition) is 1. The van der Waals surface area contributed by atoms with E-state index in [9.17, 15) is 17.6 Å². The maximum absolute atomic E-state index is 12.7. The quantitative estimate of drug-likeness (QED) is 0.605. The number of sulfonamides is 1. The van der Waals surface area contributed by atoms with Crippen molar-refractivity contribution in [1.82, 2.24) is 4.72 Å². The Morgan fingerprint density at radius 1 is 1.43 bits per heavy atom. The smallest absolute Gasteiger partial charge is 0.307 e. The maximum atomic E-state index is 12.7. The van der Waals surface area contributed by atoms with Crippen LogP contribution in [0.25, 0.3) is 0 Å². The third kappa shape index (κ3) is 5.89. The normalized spacial score (nSPS) is 12.4. The molecule has 0 aromatic heterocycles. The summed E-state index contributed by atoms with van der Waals surface area (Å²) < 4.78 is 43.4. The van der Waals surface area contributed by atoms with Gasteiger partial charge in [0.05, 0.1) is 4.90 Å². The molecule has 6 nitrogen and oxygen atoms in total. The first-order chi connectivity index (χ1) is 9.85. The van der Waals surface area contributed by atoms with Gasteiger partial charge in [-0.15, -0.1) is 0 Å². The Labute approximate surface area is 122 Å². The van der Waals surface area contributed by atoms with E-state index >= 15 is 0 Å². The third-order valence-electron chi connectivity index (χ3n) is 2.46. The second kappa shape index (κ2) is 7.71. The van der Waals surface area contributed by atoms with Gasteiger partial charge in [-0.2, -0.15) is 5.26 Å². The molecule has 0 spiro atoms. The highest BCUT2D eigenvalue weighted by Crippen LogP contribution is 2.09. The zero-order valence-corrected chi connectivity index (χ0v) is 12.2.